The van der Waals surface area contributed by atoms with Crippen molar-refractivity contribution in [2.45, 2.75) is 39.3 Å². The van der Waals surface area contributed by atoms with Crippen LogP contribution in [0.2, 0.25) is 0 Å². The van der Waals surface area contributed by atoms with Crippen LogP contribution < -0.4 is 5.76 Å². The number of likely N-dealkylation sites (N-methyl/N-ethyl adjacent to an activating group) is 1. The first-order valence-electron chi connectivity index (χ1n) is 7.53. The van der Waals surface area contributed by atoms with Crippen LogP contribution in [0.1, 0.15) is 25.3 Å². The second-order valence-electron chi connectivity index (χ2n) is 5.58. The summed E-state index contributed by atoms with van der Waals surface area (Å²) in [4.78, 5) is 26.2. The van der Waals surface area contributed by atoms with E-state index < -0.39 is 5.76 Å². The number of aromatic nitrogens is 2. The van der Waals surface area contributed by atoms with Crippen LogP contribution in [0, 0.1) is 6.92 Å². The summed E-state index contributed by atoms with van der Waals surface area (Å²) >= 11 is 0. The van der Waals surface area contributed by atoms with E-state index in [4.69, 9.17) is 4.52 Å². The second-order valence-corrected chi connectivity index (χ2v) is 5.58. The Kier molecular flexibility index (Phi) is 3.83. The number of carbonyl (C=O) groups excluding carboxylic acids is 1. The molecule has 3 rings (SSSR count). The largest absolute Gasteiger partial charge is 0.442 e. The van der Waals surface area contributed by atoms with E-state index in [1.807, 2.05) is 43.0 Å². The average Bonchev–Trinajstić information content (AvgIpc) is 3.27. The van der Waals surface area contributed by atoms with Gasteiger partial charge in [0.15, 0.2) is 5.82 Å². The predicted octanol–water partition coefficient (Wildman–Crippen LogP) is 1.82. The third kappa shape index (κ3) is 2.68. The van der Waals surface area contributed by atoms with E-state index in [1.165, 1.54) is 4.57 Å². The highest BCUT2D eigenvalue weighted by molar-refractivity contribution is 5.77. The van der Waals surface area contributed by atoms with Gasteiger partial charge in [-0.05, 0) is 32.3 Å². The van der Waals surface area contributed by atoms with E-state index in [1.54, 1.807) is 0 Å². The Morgan fingerprint density at radius 3 is 2.77 bits per heavy atom. The highest BCUT2D eigenvalue weighted by atomic mass is 16.5. The van der Waals surface area contributed by atoms with Crippen molar-refractivity contribution in [1.82, 2.24) is 14.6 Å². The lowest BCUT2D eigenvalue weighted by Crippen LogP contribution is -2.37. The standard InChI is InChI=1S/C16H19N3O3/c1-3-18(12-8-9-12)14(20)10-19-15(17-22-16(19)21)13-7-5-4-6-11(13)2/h4-7,12H,3,8-10H2,1-2H3. The molecule has 0 aliphatic heterocycles. The molecule has 1 aliphatic carbocycles. The van der Waals surface area contributed by atoms with Gasteiger partial charge < -0.3 is 4.90 Å². The molecule has 0 saturated heterocycles. The van der Waals surface area contributed by atoms with Gasteiger partial charge in [-0.1, -0.05) is 29.4 Å². The van der Waals surface area contributed by atoms with Crippen molar-refractivity contribution in [1.29, 1.82) is 0 Å². The Morgan fingerprint density at radius 1 is 1.41 bits per heavy atom. The summed E-state index contributed by atoms with van der Waals surface area (Å²) in [6.45, 7) is 4.51. The molecule has 1 amide bonds. The third-order valence-electron chi connectivity index (χ3n) is 4.01. The minimum Gasteiger partial charge on any atom is -0.338 e. The summed E-state index contributed by atoms with van der Waals surface area (Å²) in [7, 11) is 0. The normalized spacial score (nSPS) is 14.1. The Labute approximate surface area is 128 Å². The Hall–Kier alpha value is -2.37. The number of rotatable bonds is 5. The predicted molar refractivity (Wildman–Crippen MR) is 81.3 cm³/mol. The molecule has 0 unspecified atom stereocenters. The van der Waals surface area contributed by atoms with Crippen LogP contribution in [-0.4, -0.2) is 33.1 Å². The third-order valence-corrected chi connectivity index (χ3v) is 4.01. The number of nitrogens with zero attached hydrogens (tertiary/aromatic N) is 3. The fourth-order valence-corrected chi connectivity index (χ4v) is 2.68. The van der Waals surface area contributed by atoms with Crippen molar-refractivity contribution in [2.75, 3.05) is 6.54 Å². The topological polar surface area (TPSA) is 68.3 Å². The first kappa shape index (κ1) is 14.6. The van der Waals surface area contributed by atoms with Crippen molar-refractivity contribution >= 4 is 5.91 Å². The Morgan fingerprint density at radius 2 is 2.14 bits per heavy atom. The molecular weight excluding hydrogens is 282 g/mol. The molecule has 1 aliphatic rings. The zero-order valence-corrected chi connectivity index (χ0v) is 12.8. The Balaban J connectivity index is 1.91. The highest BCUT2D eigenvalue weighted by Crippen LogP contribution is 2.27. The van der Waals surface area contributed by atoms with E-state index >= 15 is 0 Å². The molecule has 6 nitrogen and oxygen atoms in total. The summed E-state index contributed by atoms with van der Waals surface area (Å²) in [6.07, 6.45) is 2.09. The van der Waals surface area contributed by atoms with E-state index in [9.17, 15) is 9.59 Å². The fourth-order valence-electron chi connectivity index (χ4n) is 2.68. The minimum atomic E-state index is -0.599. The number of aryl methyl sites for hydroxylation is 1. The molecule has 1 heterocycles. The van der Waals surface area contributed by atoms with Crippen LogP contribution in [0.5, 0.6) is 0 Å². The molecular formula is C16H19N3O3. The van der Waals surface area contributed by atoms with Crippen molar-refractivity contribution in [3.8, 4) is 11.4 Å². The number of hydrogen-bond acceptors (Lipinski definition) is 4. The van der Waals surface area contributed by atoms with Crippen molar-refractivity contribution in [2.24, 2.45) is 0 Å². The zero-order chi connectivity index (χ0) is 15.7. The quantitative estimate of drug-likeness (QED) is 0.845. The summed E-state index contributed by atoms with van der Waals surface area (Å²) in [5.74, 6) is -0.258. The van der Waals surface area contributed by atoms with Gasteiger partial charge in [0, 0.05) is 18.2 Å². The van der Waals surface area contributed by atoms with Gasteiger partial charge in [-0.2, -0.15) is 0 Å². The molecule has 0 N–H and O–H groups in total. The van der Waals surface area contributed by atoms with Gasteiger partial charge in [0.2, 0.25) is 5.91 Å². The molecule has 1 fully saturated rings. The average molecular weight is 301 g/mol. The number of benzene rings is 1. The molecule has 1 aromatic carbocycles. The number of amides is 1. The van der Waals surface area contributed by atoms with Crippen LogP contribution in [-0.2, 0) is 11.3 Å². The van der Waals surface area contributed by atoms with Crippen LogP contribution >= 0.6 is 0 Å². The fraction of sp³-hybridized carbons (Fsp3) is 0.438. The summed E-state index contributed by atoms with van der Waals surface area (Å²) < 4.78 is 6.10. The van der Waals surface area contributed by atoms with E-state index in [0.717, 1.165) is 24.0 Å². The van der Waals surface area contributed by atoms with Crippen LogP contribution in [0.4, 0.5) is 0 Å². The highest BCUT2D eigenvalue weighted by Gasteiger charge is 2.32. The van der Waals surface area contributed by atoms with E-state index in [-0.39, 0.29) is 12.5 Å². The van der Waals surface area contributed by atoms with Gasteiger partial charge in [-0.3, -0.25) is 9.32 Å². The zero-order valence-electron chi connectivity index (χ0n) is 12.8. The maximum atomic E-state index is 12.4. The summed E-state index contributed by atoms with van der Waals surface area (Å²) in [6, 6.07) is 7.92. The lowest BCUT2D eigenvalue weighted by Gasteiger charge is -2.20. The maximum absolute atomic E-state index is 12.4. The summed E-state index contributed by atoms with van der Waals surface area (Å²) in [5.41, 5.74) is 1.78. The molecule has 0 bridgehead atoms. The lowest BCUT2D eigenvalue weighted by molar-refractivity contribution is -0.132. The summed E-state index contributed by atoms with van der Waals surface area (Å²) in [5, 5.41) is 3.85. The molecule has 22 heavy (non-hydrogen) atoms. The molecule has 1 saturated carbocycles. The minimum absolute atomic E-state index is 0.0314. The van der Waals surface area contributed by atoms with Gasteiger partial charge in [0.1, 0.15) is 6.54 Å². The van der Waals surface area contributed by atoms with Crippen molar-refractivity contribution in [3.63, 3.8) is 0 Å². The molecule has 2 aromatic rings. The van der Waals surface area contributed by atoms with Crippen LogP contribution in [0.25, 0.3) is 11.4 Å². The first-order valence-corrected chi connectivity index (χ1v) is 7.53. The van der Waals surface area contributed by atoms with E-state index in [2.05, 4.69) is 5.16 Å². The monoisotopic (exact) mass is 301 g/mol. The smallest absolute Gasteiger partial charge is 0.338 e. The van der Waals surface area contributed by atoms with Crippen molar-refractivity contribution < 1.29 is 9.32 Å². The molecule has 0 atom stereocenters. The van der Waals surface area contributed by atoms with Gasteiger partial charge in [-0.15, -0.1) is 0 Å². The molecule has 1 aromatic heterocycles. The van der Waals surface area contributed by atoms with Crippen LogP contribution in [0.3, 0.4) is 0 Å². The molecule has 116 valence electrons. The molecule has 0 spiro atoms. The lowest BCUT2D eigenvalue weighted by atomic mass is 10.1. The second kappa shape index (κ2) is 5.79. The van der Waals surface area contributed by atoms with Gasteiger partial charge >= 0.3 is 5.76 Å². The van der Waals surface area contributed by atoms with Gasteiger partial charge in [0.05, 0.1) is 0 Å². The molecule has 6 heteroatoms. The van der Waals surface area contributed by atoms with E-state index in [0.29, 0.717) is 18.4 Å². The Bertz CT molecular complexity index is 743. The number of carbonyl (C=O) groups is 1. The van der Waals surface area contributed by atoms with Crippen molar-refractivity contribution in [3.05, 3.63) is 40.4 Å². The molecule has 0 radical (unpaired) electrons. The van der Waals surface area contributed by atoms with Gasteiger partial charge in [-0.25, -0.2) is 9.36 Å². The maximum Gasteiger partial charge on any atom is 0.442 e. The number of hydrogen-bond donors (Lipinski definition) is 0. The van der Waals surface area contributed by atoms with Crippen LogP contribution in [0.15, 0.2) is 33.6 Å². The van der Waals surface area contributed by atoms with Gasteiger partial charge in [0.25, 0.3) is 0 Å². The SMILES string of the molecule is CCN(C(=O)Cn1c(-c2ccccc2C)noc1=O)C1CC1. The first-order chi connectivity index (χ1) is 10.6.